The van der Waals surface area contributed by atoms with E-state index in [0.717, 1.165) is 31.2 Å². The average Bonchev–Trinajstić information content (AvgIpc) is 3.26. The highest BCUT2D eigenvalue weighted by Crippen LogP contribution is 2.27. The number of benzene rings is 1. The zero-order chi connectivity index (χ0) is 24.3. The van der Waals surface area contributed by atoms with Crippen molar-refractivity contribution in [2.75, 3.05) is 13.7 Å². The van der Waals surface area contributed by atoms with Crippen molar-refractivity contribution in [1.82, 2.24) is 16.0 Å². The number of hydrogen-bond donors (Lipinski definition) is 3. The van der Waals surface area contributed by atoms with E-state index in [1.165, 1.54) is 13.5 Å². The van der Waals surface area contributed by atoms with Gasteiger partial charge in [-0.1, -0.05) is 62.4 Å². The van der Waals surface area contributed by atoms with Gasteiger partial charge in [-0.2, -0.15) is 0 Å². The summed E-state index contributed by atoms with van der Waals surface area (Å²) in [6.45, 7) is 0.635. The molecule has 0 bridgehead atoms. The van der Waals surface area contributed by atoms with Crippen LogP contribution in [0, 0.1) is 11.8 Å². The first-order valence-corrected chi connectivity index (χ1v) is 12.1. The highest BCUT2D eigenvalue weighted by atomic mass is 16.5. The zero-order valence-corrected chi connectivity index (χ0v) is 19.7. The van der Waals surface area contributed by atoms with Crippen molar-refractivity contribution in [2.45, 2.75) is 70.1 Å². The maximum atomic E-state index is 13.2. The molecular formula is C25H35N3O6. The monoisotopic (exact) mass is 473 g/mol. The molecule has 0 unspecified atom stereocenters. The van der Waals surface area contributed by atoms with Gasteiger partial charge in [0.05, 0.1) is 7.11 Å². The summed E-state index contributed by atoms with van der Waals surface area (Å²) in [4.78, 5) is 50.1. The number of methoxy groups -OCH3 is 1. The molecule has 1 aliphatic heterocycles. The summed E-state index contributed by atoms with van der Waals surface area (Å²) in [6, 6.07) is 7.46. The molecule has 2 aliphatic rings. The number of rotatable bonds is 10. The molecule has 1 saturated heterocycles. The first-order chi connectivity index (χ1) is 16.5. The van der Waals surface area contributed by atoms with Gasteiger partial charge in [0.15, 0.2) is 0 Å². The normalized spacial score (nSPS) is 20.0. The Labute approximate surface area is 200 Å². The summed E-state index contributed by atoms with van der Waals surface area (Å²) in [5.41, 5.74) is 0.839. The molecule has 1 aromatic carbocycles. The lowest BCUT2D eigenvalue weighted by molar-refractivity contribution is -0.146. The van der Waals surface area contributed by atoms with E-state index in [2.05, 4.69) is 16.0 Å². The Morgan fingerprint density at radius 2 is 1.74 bits per heavy atom. The van der Waals surface area contributed by atoms with Crippen LogP contribution in [-0.4, -0.2) is 49.6 Å². The van der Waals surface area contributed by atoms with Crippen molar-refractivity contribution in [3.05, 3.63) is 35.9 Å². The van der Waals surface area contributed by atoms with Crippen LogP contribution in [0.15, 0.2) is 30.3 Å². The summed E-state index contributed by atoms with van der Waals surface area (Å²) in [5, 5.41) is 8.15. The van der Waals surface area contributed by atoms with Crippen molar-refractivity contribution in [1.29, 1.82) is 0 Å². The lowest BCUT2D eigenvalue weighted by Gasteiger charge is -2.28. The second-order valence-electron chi connectivity index (χ2n) is 9.10. The van der Waals surface area contributed by atoms with Gasteiger partial charge in [-0.05, 0) is 30.7 Å². The molecule has 1 aliphatic carbocycles. The number of ether oxygens (including phenoxy) is 2. The number of carbonyl (C=O) groups excluding carboxylic acids is 4. The predicted octanol–water partition coefficient (Wildman–Crippen LogP) is 2.44. The van der Waals surface area contributed by atoms with Gasteiger partial charge in [0.1, 0.15) is 18.7 Å². The molecule has 2 fully saturated rings. The molecule has 0 radical (unpaired) electrons. The summed E-state index contributed by atoms with van der Waals surface area (Å²) in [6.07, 6.45) is 5.87. The molecule has 1 aromatic rings. The van der Waals surface area contributed by atoms with Crippen LogP contribution in [0.25, 0.3) is 0 Å². The highest BCUT2D eigenvalue weighted by molar-refractivity contribution is 5.90. The largest absolute Gasteiger partial charge is 0.467 e. The van der Waals surface area contributed by atoms with Crippen LogP contribution < -0.4 is 16.0 Å². The third-order valence-electron chi connectivity index (χ3n) is 6.60. The van der Waals surface area contributed by atoms with E-state index < -0.39 is 30.1 Å². The Hall–Kier alpha value is -3.10. The zero-order valence-electron chi connectivity index (χ0n) is 19.7. The highest BCUT2D eigenvalue weighted by Gasteiger charge is 2.34. The average molecular weight is 474 g/mol. The Morgan fingerprint density at radius 1 is 1.00 bits per heavy atom. The van der Waals surface area contributed by atoms with Crippen LogP contribution in [0.4, 0.5) is 4.79 Å². The molecule has 3 atom stereocenters. The third-order valence-corrected chi connectivity index (χ3v) is 6.60. The molecule has 3 N–H and O–H groups in total. The van der Waals surface area contributed by atoms with E-state index in [-0.39, 0.29) is 24.9 Å². The van der Waals surface area contributed by atoms with Crippen molar-refractivity contribution in [3.63, 3.8) is 0 Å². The van der Waals surface area contributed by atoms with Crippen LogP contribution >= 0.6 is 0 Å². The van der Waals surface area contributed by atoms with E-state index in [4.69, 9.17) is 9.47 Å². The minimum Gasteiger partial charge on any atom is -0.467 e. The molecule has 34 heavy (non-hydrogen) atoms. The van der Waals surface area contributed by atoms with Gasteiger partial charge in [0.2, 0.25) is 11.8 Å². The van der Waals surface area contributed by atoms with Crippen LogP contribution in [0.1, 0.15) is 56.9 Å². The quantitative estimate of drug-likeness (QED) is 0.449. The van der Waals surface area contributed by atoms with E-state index in [1.54, 1.807) is 0 Å². The van der Waals surface area contributed by atoms with Crippen molar-refractivity contribution in [3.8, 4) is 0 Å². The molecule has 1 heterocycles. The molecule has 186 valence electrons. The Bertz CT molecular complexity index is 840. The molecular weight excluding hydrogens is 438 g/mol. The summed E-state index contributed by atoms with van der Waals surface area (Å²) < 4.78 is 10.2. The van der Waals surface area contributed by atoms with E-state index in [9.17, 15) is 19.2 Å². The fourth-order valence-electron chi connectivity index (χ4n) is 4.68. The lowest BCUT2D eigenvalue weighted by atomic mass is 9.84. The number of alkyl carbamates (subject to hydrolysis) is 1. The summed E-state index contributed by atoms with van der Waals surface area (Å²) in [5.74, 6) is -1.29. The van der Waals surface area contributed by atoms with Crippen LogP contribution in [0.3, 0.4) is 0 Å². The van der Waals surface area contributed by atoms with Gasteiger partial charge in [0, 0.05) is 12.5 Å². The predicted molar refractivity (Wildman–Crippen MR) is 124 cm³/mol. The minimum atomic E-state index is -0.970. The van der Waals surface area contributed by atoms with Crippen molar-refractivity contribution < 1.29 is 28.7 Å². The SMILES string of the molecule is COC(=O)[C@H](C[C@@H]1CCNC1=O)NC(=O)[C@H](CC1CCCCC1)NC(=O)OCc1ccccc1. The third kappa shape index (κ3) is 7.74. The first kappa shape index (κ1) is 25.5. The van der Waals surface area contributed by atoms with Gasteiger partial charge < -0.3 is 25.4 Å². The molecule has 9 nitrogen and oxygen atoms in total. The Kier molecular flexibility index (Phi) is 9.73. The topological polar surface area (TPSA) is 123 Å². The maximum absolute atomic E-state index is 13.2. The minimum absolute atomic E-state index is 0.0893. The molecule has 0 aromatic heterocycles. The smallest absolute Gasteiger partial charge is 0.408 e. The Balaban J connectivity index is 1.64. The van der Waals surface area contributed by atoms with Gasteiger partial charge in [-0.15, -0.1) is 0 Å². The van der Waals surface area contributed by atoms with Crippen molar-refractivity contribution in [2.24, 2.45) is 11.8 Å². The van der Waals surface area contributed by atoms with Crippen molar-refractivity contribution >= 4 is 23.9 Å². The molecule has 9 heteroatoms. The van der Waals surface area contributed by atoms with E-state index in [1.807, 2.05) is 30.3 Å². The fraction of sp³-hybridized carbons (Fsp3) is 0.600. The van der Waals surface area contributed by atoms with E-state index >= 15 is 0 Å². The number of amides is 3. The molecule has 3 rings (SSSR count). The van der Waals surface area contributed by atoms with Crippen LogP contribution in [-0.2, 0) is 30.5 Å². The lowest BCUT2D eigenvalue weighted by Crippen LogP contribution is -2.53. The number of esters is 1. The van der Waals surface area contributed by atoms with Gasteiger partial charge in [0.25, 0.3) is 0 Å². The number of carbonyl (C=O) groups is 4. The van der Waals surface area contributed by atoms with E-state index in [0.29, 0.717) is 25.3 Å². The molecule has 1 saturated carbocycles. The fourth-order valence-corrected chi connectivity index (χ4v) is 4.68. The van der Waals surface area contributed by atoms with Crippen LogP contribution in [0.2, 0.25) is 0 Å². The molecule has 3 amide bonds. The molecule has 0 spiro atoms. The number of nitrogens with one attached hydrogen (secondary N) is 3. The second-order valence-corrected chi connectivity index (χ2v) is 9.10. The summed E-state index contributed by atoms with van der Waals surface area (Å²) >= 11 is 0. The number of hydrogen-bond acceptors (Lipinski definition) is 6. The van der Waals surface area contributed by atoms with Gasteiger partial charge in [-0.25, -0.2) is 9.59 Å². The second kappa shape index (κ2) is 13.0. The van der Waals surface area contributed by atoms with Gasteiger partial charge >= 0.3 is 12.1 Å². The van der Waals surface area contributed by atoms with Crippen LogP contribution in [0.5, 0.6) is 0 Å². The standard InChI is InChI=1S/C25H35N3O6/c1-33-24(31)21(15-19-12-13-26-22(19)29)27-23(30)20(14-17-8-4-2-5-9-17)28-25(32)34-16-18-10-6-3-7-11-18/h3,6-7,10-11,17,19-21H,2,4-5,8-9,12-16H2,1H3,(H,26,29)(H,27,30)(H,28,32)/t19-,20-,21-/m0/s1. The Morgan fingerprint density at radius 3 is 2.38 bits per heavy atom. The maximum Gasteiger partial charge on any atom is 0.408 e. The first-order valence-electron chi connectivity index (χ1n) is 12.1. The summed E-state index contributed by atoms with van der Waals surface area (Å²) in [7, 11) is 1.24. The van der Waals surface area contributed by atoms with Gasteiger partial charge in [-0.3, -0.25) is 9.59 Å².